The molecule has 2 rings (SSSR count). The Morgan fingerprint density at radius 2 is 2.31 bits per heavy atom. The fraction of sp³-hybridized carbons (Fsp3) is 0.500. The zero-order valence-electron chi connectivity index (χ0n) is 7.84. The number of hydrogen-bond acceptors (Lipinski definition) is 2. The molecule has 1 fully saturated rings. The molecule has 2 nitrogen and oxygen atoms in total. The van der Waals surface area contributed by atoms with E-state index in [1.54, 1.807) is 0 Å². The van der Waals surface area contributed by atoms with Crippen molar-refractivity contribution in [2.45, 2.75) is 26.3 Å². The second-order valence-electron chi connectivity index (χ2n) is 4.22. The molecule has 1 aliphatic rings. The summed E-state index contributed by atoms with van der Waals surface area (Å²) in [6, 6.07) is 4.65. The van der Waals surface area contributed by atoms with Gasteiger partial charge in [0.15, 0.2) is 0 Å². The van der Waals surface area contributed by atoms with Gasteiger partial charge in [-0.1, -0.05) is 13.8 Å². The summed E-state index contributed by atoms with van der Waals surface area (Å²) in [6.07, 6.45) is 3.08. The van der Waals surface area contributed by atoms with E-state index in [4.69, 9.17) is 0 Å². The summed E-state index contributed by atoms with van der Waals surface area (Å²) in [4.78, 5) is 4.31. The predicted octanol–water partition coefficient (Wildman–Crippen LogP) is 2.90. The van der Waals surface area contributed by atoms with E-state index in [1.165, 1.54) is 9.99 Å². The molecule has 1 N–H and O–H groups in total. The first-order chi connectivity index (χ1) is 6.09. The normalized spacial score (nSPS) is 24.1. The molecule has 70 valence electrons. The average Bonchev–Trinajstić information content (AvgIpc) is 2.64. The first-order valence-corrected chi connectivity index (χ1v) is 5.54. The molecule has 1 unspecified atom stereocenters. The molecule has 1 aromatic heterocycles. The summed E-state index contributed by atoms with van der Waals surface area (Å²) in [5, 5.41) is 3.46. The quantitative estimate of drug-likeness (QED) is 0.846. The zero-order chi connectivity index (χ0) is 9.47. The monoisotopic (exact) mass is 288 g/mol. The van der Waals surface area contributed by atoms with Gasteiger partial charge in [-0.15, -0.1) is 0 Å². The van der Waals surface area contributed by atoms with Crippen molar-refractivity contribution in [3.8, 4) is 0 Å². The van der Waals surface area contributed by atoms with Gasteiger partial charge in [-0.2, -0.15) is 0 Å². The van der Waals surface area contributed by atoms with Gasteiger partial charge in [0.1, 0.15) is 5.82 Å². The van der Waals surface area contributed by atoms with E-state index >= 15 is 0 Å². The van der Waals surface area contributed by atoms with Crippen LogP contribution in [-0.2, 0) is 0 Å². The van der Waals surface area contributed by atoms with E-state index in [1.807, 2.05) is 12.3 Å². The van der Waals surface area contributed by atoms with Crippen molar-refractivity contribution in [2.75, 3.05) is 5.32 Å². The van der Waals surface area contributed by atoms with Crippen LogP contribution < -0.4 is 5.32 Å². The fourth-order valence-corrected chi connectivity index (χ4v) is 1.87. The van der Waals surface area contributed by atoms with Gasteiger partial charge in [-0.05, 0) is 46.6 Å². The van der Waals surface area contributed by atoms with Crippen LogP contribution in [-0.4, -0.2) is 11.0 Å². The van der Waals surface area contributed by atoms with Crippen molar-refractivity contribution in [1.82, 2.24) is 4.98 Å². The highest BCUT2D eigenvalue weighted by Crippen LogP contribution is 2.46. The lowest BCUT2D eigenvalue weighted by atomic mass is 10.2. The Kier molecular flexibility index (Phi) is 2.21. The standard InChI is InChI=1S/C10H13IN2/c1-10(2)6-8(10)13-9-7(11)4-3-5-12-9/h3-5,8H,6H2,1-2H3,(H,12,13). The van der Waals surface area contributed by atoms with Crippen LogP contribution in [0, 0.1) is 8.99 Å². The highest BCUT2D eigenvalue weighted by atomic mass is 127. The molecule has 0 amide bonds. The molecule has 0 aromatic carbocycles. The molecular formula is C10H13IN2. The van der Waals surface area contributed by atoms with Crippen LogP contribution in [0.3, 0.4) is 0 Å². The molecule has 1 heterocycles. The number of nitrogens with zero attached hydrogens (tertiary/aromatic N) is 1. The van der Waals surface area contributed by atoms with Crippen LogP contribution in [0.5, 0.6) is 0 Å². The molecule has 1 aromatic rings. The van der Waals surface area contributed by atoms with Crippen LogP contribution in [0.15, 0.2) is 18.3 Å². The van der Waals surface area contributed by atoms with Gasteiger partial charge in [-0.25, -0.2) is 4.98 Å². The number of anilines is 1. The summed E-state index contributed by atoms with van der Waals surface area (Å²) in [5.74, 6) is 1.03. The highest BCUT2D eigenvalue weighted by Gasteiger charge is 2.45. The van der Waals surface area contributed by atoms with Crippen LogP contribution >= 0.6 is 22.6 Å². The summed E-state index contributed by atoms with van der Waals surface area (Å²) < 4.78 is 1.20. The Morgan fingerprint density at radius 3 is 2.85 bits per heavy atom. The van der Waals surface area contributed by atoms with Gasteiger partial charge in [0.05, 0.1) is 3.57 Å². The molecule has 1 saturated carbocycles. The lowest BCUT2D eigenvalue weighted by molar-refractivity contribution is 0.629. The van der Waals surface area contributed by atoms with E-state index in [9.17, 15) is 0 Å². The van der Waals surface area contributed by atoms with Crippen molar-refractivity contribution in [3.63, 3.8) is 0 Å². The molecule has 0 radical (unpaired) electrons. The fourth-order valence-electron chi connectivity index (χ4n) is 1.37. The van der Waals surface area contributed by atoms with Gasteiger partial charge in [-0.3, -0.25) is 0 Å². The van der Waals surface area contributed by atoms with Crippen molar-refractivity contribution in [2.24, 2.45) is 5.41 Å². The molecule has 0 aliphatic heterocycles. The van der Waals surface area contributed by atoms with Gasteiger partial charge in [0.25, 0.3) is 0 Å². The Hall–Kier alpha value is -0.320. The van der Waals surface area contributed by atoms with Crippen molar-refractivity contribution in [3.05, 3.63) is 21.9 Å². The number of nitrogens with one attached hydrogen (secondary N) is 1. The lowest BCUT2D eigenvalue weighted by Gasteiger charge is -2.08. The van der Waals surface area contributed by atoms with Crippen molar-refractivity contribution in [1.29, 1.82) is 0 Å². The van der Waals surface area contributed by atoms with Crippen molar-refractivity contribution >= 4 is 28.4 Å². The third-order valence-corrected chi connectivity index (χ3v) is 3.45. The van der Waals surface area contributed by atoms with E-state index in [0.29, 0.717) is 11.5 Å². The minimum Gasteiger partial charge on any atom is -0.366 e. The Labute approximate surface area is 92.3 Å². The van der Waals surface area contributed by atoms with Crippen LogP contribution in [0.2, 0.25) is 0 Å². The SMILES string of the molecule is CC1(C)CC1Nc1ncccc1I. The maximum absolute atomic E-state index is 4.31. The number of pyridine rings is 1. The van der Waals surface area contributed by atoms with Gasteiger partial charge < -0.3 is 5.32 Å². The molecule has 3 heteroatoms. The summed E-state index contributed by atoms with van der Waals surface area (Å²) in [5.41, 5.74) is 0.459. The highest BCUT2D eigenvalue weighted by molar-refractivity contribution is 14.1. The molecule has 13 heavy (non-hydrogen) atoms. The number of hydrogen-bond donors (Lipinski definition) is 1. The second kappa shape index (κ2) is 3.12. The van der Waals surface area contributed by atoms with Crippen LogP contribution in [0.1, 0.15) is 20.3 Å². The summed E-state index contributed by atoms with van der Waals surface area (Å²) >= 11 is 2.31. The largest absolute Gasteiger partial charge is 0.366 e. The summed E-state index contributed by atoms with van der Waals surface area (Å²) in [7, 11) is 0. The minimum atomic E-state index is 0.459. The van der Waals surface area contributed by atoms with Gasteiger partial charge >= 0.3 is 0 Å². The van der Waals surface area contributed by atoms with E-state index in [-0.39, 0.29) is 0 Å². The Morgan fingerprint density at radius 1 is 1.62 bits per heavy atom. The lowest BCUT2D eigenvalue weighted by Crippen LogP contribution is -2.10. The summed E-state index contributed by atoms with van der Waals surface area (Å²) in [6.45, 7) is 4.56. The minimum absolute atomic E-state index is 0.459. The second-order valence-corrected chi connectivity index (χ2v) is 5.39. The van der Waals surface area contributed by atoms with E-state index < -0.39 is 0 Å². The number of halogens is 1. The molecule has 0 saturated heterocycles. The predicted molar refractivity (Wildman–Crippen MR) is 62.8 cm³/mol. The first-order valence-electron chi connectivity index (χ1n) is 4.47. The number of aromatic nitrogens is 1. The smallest absolute Gasteiger partial charge is 0.139 e. The third kappa shape index (κ3) is 1.95. The number of rotatable bonds is 2. The van der Waals surface area contributed by atoms with E-state index in [0.717, 1.165) is 5.82 Å². The molecule has 1 atom stereocenters. The molecule has 0 bridgehead atoms. The van der Waals surface area contributed by atoms with Crippen molar-refractivity contribution < 1.29 is 0 Å². The third-order valence-electron chi connectivity index (χ3n) is 2.58. The maximum Gasteiger partial charge on any atom is 0.139 e. The Bertz CT molecular complexity index is 322. The molecule has 1 aliphatic carbocycles. The topological polar surface area (TPSA) is 24.9 Å². The van der Waals surface area contributed by atoms with E-state index in [2.05, 4.69) is 52.8 Å². The Balaban J connectivity index is 2.07. The van der Waals surface area contributed by atoms with Crippen LogP contribution in [0.4, 0.5) is 5.82 Å². The molecule has 0 spiro atoms. The maximum atomic E-state index is 4.31. The van der Waals surface area contributed by atoms with Gasteiger partial charge in [0.2, 0.25) is 0 Å². The van der Waals surface area contributed by atoms with Crippen LogP contribution in [0.25, 0.3) is 0 Å². The molecular weight excluding hydrogens is 275 g/mol. The first kappa shape index (κ1) is 9.24. The zero-order valence-corrected chi connectivity index (χ0v) is 10.00. The van der Waals surface area contributed by atoms with Gasteiger partial charge in [0, 0.05) is 12.2 Å². The average molecular weight is 288 g/mol.